The summed E-state index contributed by atoms with van der Waals surface area (Å²) in [6.45, 7) is 10.7. The van der Waals surface area contributed by atoms with E-state index < -0.39 is 0 Å². The van der Waals surface area contributed by atoms with Crippen molar-refractivity contribution in [2.75, 3.05) is 13.7 Å². The Kier molecular flexibility index (Phi) is 27.5. The molecule has 0 saturated heterocycles. The van der Waals surface area contributed by atoms with Gasteiger partial charge < -0.3 is 4.74 Å². The number of ether oxygens (including phenoxy) is 1. The van der Waals surface area contributed by atoms with Crippen LogP contribution in [0.5, 0.6) is 0 Å². The molecular formula is C33H68O. The highest BCUT2D eigenvalue weighted by atomic mass is 16.5. The molecule has 0 rings (SSSR count). The summed E-state index contributed by atoms with van der Waals surface area (Å²) in [4.78, 5) is 0. The maximum Gasteiger partial charge on any atom is 0.0462 e. The van der Waals surface area contributed by atoms with Gasteiger partial charge in [-0.25, -0.2) is 0 Å². The molecule has 0 fully saturated rings. The van der Waals surface area contributed by atoms with Crippen molar-refractivity contribution in [3.63, 3.8) is 0 Å². The molecule has 0 heterocycles. The molecule has 0 radical (unpaired) electrons. The van der Waals surface area contributed by atoms with Crippen molar-refractivity contribution in [1.82, 2.24) is 0 Å². The van der Waals surface area contributed by atoms with Crippen molar-refractivity contribution >= 4 is 0 Å². The first-order chi connectivity index (χ1) is 16.6. The number of rotatable bonds is 28. The lowest BCUT2D eigenvalue weighted by Crippen LogP contribution is -1.98. The smallest absolute Gasteiger partial charge is 0.0462 e. The fourth-order valence-corrected chi connectivity index (χ4v) is 5.48. The molecule has 0 amide bonds. The summed E-state index contributed by atoms with van der Waals surface area (Å²) in [5, 5.41) is 0. The highest BCUT2D eigenvalue weighted by molar-refractivity contribution is 4.59. The molecule has 3 atom stereocenters. The molecule has 206 valence electrons. The monoisotopic (exact) mass is 481 g/mol. The van der Waals surface area contributed by atoms with Crippen LogP contribution < -0.4 is 0 Å². The molecule has 1 heteroatoms. The lowest BCUT2D eigenvalue weighted by atomic mass is 9.93. The van der Waals surface area contributed by atoms with Crippen LogP contribution in [0, 0.1) is 17.8 Å². The molecule has 1 nitrogen and oxygen atoms in total. The van der Waals surface area contributed by atoms with Crippen LogP contribution in [-0.4, -0.2) is 13.7 Å². The van der Waals surface area contributed by atoms with Gasteiger partial charge in [-0.2, -0.15) is 0 Å². The van der Waals surface area contributed by atoms with E-state index in [1.165, 1.54) is 154 Å². The topological polar surface area (TPSA) is 9.23 Å². The average Bonchev–Trinajstić information content (AvgIpc) is 2.82. The van der Waals surface area contributed by atoms with Crippen LogP contribution in [0.2, 0.25) is 0 Å². The Morgan fingerprint density at radius 2 is 0.647 bits per heavy atom. The minimum absolute atomic E-state index is 0.922. The molecule has 0 saturated carbocycles. The second kappa shape index (κ2) is 27.5. The molecule has 0 aliphatic rings. The van der Waals surface area contributed by atoms with E-state index in [1.54, 1.807) is 0 Å². The molecule has 0 aromatic rings. The van der Waals surface area contributed by atoms with E-state index in [4.69, 9.17) is 4.74 Å². The summed E-state index contributed by atoms with van der Waals surface area (Å²) < 4.78 is 5.14. The number of unbranched alkanes of at least 4 members (excludes halogenated alkanes) is 14. The van der Waals surface area contributed by atoms with Crippen LogP contribution in [0.3, 0.4) is 0 Å². The Labute approximate surface area is 218 Å². The van der Waals surface area contributed by atoms with Crippen LogP contribution in [0.15, 0.2) is 0 Å². The van der Waals surface area contributed by atoms with Crippen molar-refractivity contribution in [1.29, 1.82) is 0 Å². The van der Waals surface area contributed by atoms with Gasteiger partial charge in [0.1, 0.15) is 0 Å². The van der Waals surface area contributed by atoms with Gasteiger partial charge in [0.25, 0.3) is 0 Å². The van der Waals surface area contributed by atoms with Crippen molar-refractivity contribution in [3.05, 3.63) is 0 Å². The van der Waals surface area contributed by atoms with Gasteiger partial charge in [-0.1, -0.05) is 175 Å². The van der Waals surface area contributed by atoms with Crippen molar-refractivity contribution < 1.29 is 4.74 Å². The van der Waals surface area contributed by atoms with E-state index >= 15 is 0 Å². The fraction of sp³-hybridized carbons (Fsp3) is 1.00. The van der Waals surface area contributed by atoms with Gasteiger partial charge in [0.15, 0.2) is 0 Å². The highest BCUT2D eigenvalue weighted by Gasteiger charge is 2.05. The predicted molar refractivity (Wildman–Crippen MR) is 156 cm³/mol. The zero-order chi connectivity index (χ0) is 25.1. The molecule has 34 heavy (non-hydrogen) atoms. The van der Waals surface area contributed by atoms with Gasteiger partial charge >= 0.3 is 0 Å². The molecule has 0 aromatic heterocycles. The third kappa shape index (κ3) is 26.6. The second-order valence-electron chi connectivity index (χ2n) is 12.1. The summed E-state index contributed by atoms with van der Waals surface area (Å²) in [6, 6.07) is 0. The van der Waals surface area contributed by atoms with E-state index in [9.17, 15) is 0 Å². The first-order valence-corrected chi connectivity index (χ1v) is 16.1. The zero-order valence-corrected chi connectivity index (χ0v) is 24.8. The minimum Gasteiger partial charge on any atom is -0.385 e. The van der Waals surface area contributed by atoms with Gasteiger partial charge in [0.05, 0.1) is 0 Å². The molecule has 0 spiro atoms. The van der Waals surface area contributed by atoms with E-state index in [0.717, 1.165) is 24.4 Å². The summed E-state index contributed by atoms with van der Waals surface area (Å²) in [5.41, 5.74) is 0. The van der Waals surface area contributed by atoms with E-state index in [0.29, 0.717) is 0 Å². The van der Waals surface area contributed by atoms with Gasteiger partial charge in [0.2, 0.25) is 0 Å². The van der Waals surface area contributed by atoms with Crippen LogP contribution >= 0.6 is 0 Å². The number of hydrogen-bond acceptors (Lipinski definition) is 1. The van der Waals surface area contributed by atoms with Crippen LogP contribution in [0.1, 0.15) is 182 Å². The summed E-state index contributed by atoms with van der Waals surface area (Å²) in [5.74, 6) is 2.83. The van der Waals surface area contributed by atoms with Gasteiger partial charge in [-0.15, -0.1) is 0 Å². The summed E-state index contributed by atoms with van der Waals surface area (Å²) in [6.07, 6.45) is 34.5. The lowest BCUT2D eigenvalue weighted by molar-refractivity contribution is 0.191. The Bertz CT molecular complexity index is 366. The third-order valence-corrected chi connectivity index (χ3v) is 8.13. The van der Waals surface area contributed by atoms with Gasteiger partial charge in [-0.3, -0.25) is 0 Å². The van der Waals surface area contributed by atoms with Crippen molar-refractivity contribution in [2.24, 2.45) is 17.8 Å². The molecule has 0 bridgehead atoms. The average molecular weight is 481 g/mol. The molecule has 3 unspecified atom stereocenters. The highest BCUT2D eigenvalue weighted by Crippen LogP contribution is 2.22. The van der Waals surface area contributed by atoms with Crippen LogP contribution in [0.4, 0.5) is 0 Å². The normalized spacial score (nSPS) is 14.4. The van der Waals surface area contributed by atoms with Crippen LogP contribution in [0.25, 0.3) is 0 Å². The summed E-state index contributed by atoms with van der Waals surface area (Å²) >= 11 is 0. The number of methoxy groups -OCH3 is 1. The third-order valence-electron chi connectivity index (χ3n) is 8.13. The second-order valence-corrected chi connectivity index (χ2v) is 12.1. The maximum atomic E-state index is 5.14. The van der Waals surface area contributed by atoms with E-state index in [-0.39, 0.29) is 0 Å². The largest absolute Gasteiger partial charge is 0.385 e. The molecule has 0 aliphatic heterocycles. The fourth-order valence-electron chi connectivity index (χ4n) is 5.48. The predicted octanol–water partition coefficient (Wildman–Crippen LogP) is 11.9. The van der Waals surface area contributed by atoms with Gasteiger partial charge in [0, 0.05) is 13.7 Å². The SMILES string of the molecule is CCCCCCCCCC(C)CCCCCC(C)CCCCCCCC(C)CCCCCOC. The maximum absolute atomic E-state index is 5.14. The number of hydrogen-bond donors (Lipinski definition) is 0. The first-order valence-electron chi connectivity index (χ1n) is 16.1. The molecule has 0 aliphatic carbocycles. The van der Waals surface area contributed by atoms with E-state index in [2.05, 4.69) is 27.7 Å². The zero-order valence-electron chi connectivity index (χ0n) is 24.8. The lowest BCUT2D eigenvalue weighted by Gasteiger charge is -2.13. The Balaban J connectivity index is 3.33. The summed E-state index contributed by atoms with van der Waals surface area (Å²) in [7, 11) is 1.81. The van der Waals surface area contributed by atoms with Gasteiger partial charge in [-0.05, 0) is 24.2 Å². The molecular weight excluding hydrogens is 412 g/mol. The van der Waals surface area contributed by atoms with E-state index in [1.807, 2.05) is 7.11 Å². The Morgan fingerprint density at radius 1 is 0.382 bits per heavy atom. The Morgan fingerprint density at radius 3 is 0.971 bits per heavy atom. The Hall–Kier alpha value is -0.0400. The van der Waals surface area contributed by atoms with Crippen LogP contribution in [-0.2, 0) is 4.74 Å². The quantitative estimate of drug-likeness (QED) is 0.101. The van der Waals surface area contributed by atoms with Crippen molar-refractivity contribution in [3.8, 4) is 0 Å². The molecule has 0 aromatic carbocycles. The first kappa shape index (κ1) is 34.0. The van der Waals surface area contributed by atoms with Crippen molar-refractivity contribution in [2.45, 2.75) is 182 Å². The molecule has 0 N–H and O–H groups in total. The standard InChI is InChI=1S/C33H68O/c1-6-7-8-9-10-12-17-24-31(2)27-20-15-21-28-32(3)25-18-13-11-14-19-26-33(4)29-22-16-23-30-34-5/h31-33H,6-30H2,1-5H3. The minimum atomic E-state index is 0.922.